The normalized spacial score (nSPS) is 45.6. The minimum Gasteiger partial charge on any atom is -0.303 e. The molecule has 4 bridgehead atoms. The highest BCUT2D eigenvalue weighted by Crippen LogP contribution is 2.57. The maximum Gasteiger partial charge on any atom is 0.0806 e. The van der Waals surface area contributed by atoms with Crippen LogP contribution in [0.1, 0.15) is 38.5 Å². The van der Waals surface area contributed by atoms with Gasteiger partial charge in [0.05, 0.1) is 6.61 Å². The van der Waals surface area contributed by atoms with E-state index in [-0.39, 0.29) is 0 Å². The summed E-state index contributed by atoms with van der Waals surface area (Å²) < 4.78 is 0. The molecule has 0 aromatic rings. The van der Waals surface area contributed by atoms with E-state index in [1.807, 2.05) is 0 Å². The second-order valence-corrected chi connectivity index (χ2v) is 6.43. The second-order valence-electron chi connectivity index (χ2n) is 6.43. The highest BCUT2D eigenvalue weighted by molar-refractivity contribution is 5.06. The molecule has 4 aliphatic carbocycles. The average Bonchev–Trinajstić information content (AvgIpc) is 2.24. The largest absolute Gasteiger partial charge is 0.303 e. The first kappa shape index (κ1) is 11.0. The van der Waals surface area contributed by atoms with Gasteiger partial charge in [-0.25, -0.2) is 5.90 Å². The van der Waals surface area contributed by atoms with Crippen molar-refractivity contribution in [2.45, 2.75) is 44.1 Å². The van der Waals surface area contributed by atoms with Crippen molar-refractivity contribution in [1.82, 2.24) is 4.90 Å². The molecule has 0 aromatic carbocycles. The highest BCUT2D eigenvalue weighted by Gasteiger charge is 2.52. The van der Waals surface area contributed by atoms with E-state index in [0.717, 1.165) is 24.3 Å². The van der Waals surface area contributed by atoms with E-state index < -0.39 is 0 Å². The third kappa shape index (κ3) is 1.69. The molecule has 0 saturated heterocycles. The van der Waals surface area contributed by atoms with E-state index in [4.69, 9.17) is 10.7 Å². The van der Waals surface area contributed by atoms with Crippen molar-refractivity contribution in [3.05, 3.63) is 0 Å². The number of hydrogen-bond acceptors (Lipinski definition) is 3. The lowest BCUT2D eigenvalue weighted by Crippen LogP contribution is -2.59. The van der Waals surface area contributed by atoms with Gasteiger partial charge < -0.3 is 4.84 Å². The van der Waals surface area contributed by atoms with Gasteiger partial charge in [0.15, 0.2) is 0 Å². The van der Waals surface area contributed by atoms with Crippen LogP contribution in [0.15, 0.2) is 0 Å². The molecular weight excluding hydrogens is 200 g/mol. The summed E-state index contributed by atoms with van der Waals surface area (Å²) in [7, 11) is 2.27. The molecule has 0 spiro atoms. The summed E-state index contributed by atoms with van der Waals surface area (Å²) in [6, 6.07) is 0. The fourth-order valence-corrected chi connectivity index (χ4v) is 4.96. The number of nitrogens with two attached hydrogens (primary N) is 1. The number of hydrogen-bond donors (Lipinski definition) is 1. The molecule has 4 rings (SSSR count). The zero-order chi connectivity index (χ0) is 11.2. The van der Waals surface area contributed by atoms with Crippen molar-refractivity contribution in [1.29, 1.82) is 0 Å². The van der Waals surface area contributed by atoms with Gasteiger partial charge in [0.2, 0.25) is 0 Å². The van der Waals surface area contributed by atoms with Gasteiger partial charge in [0.1, 0.15) is 0 Å². The van der Waals surface area contributed by atoms with Crippen molar-refractivity contribution < 1.29 is 4.84 Å². The smallest absolute Gasteiger partial charge is 0.0806 e. The third-order valence-electron chi connectivity index (χ3n) is 5.36. The van der Waals surface area contributed by atoms with Crippen LogP contribution < -0.4 is 5.90 Å². The summed E-state index contributed by atoms with van der Waals surface area (Å²) in [4.78, 5) is 7.28. The molecule has 3 heteroatoms. The van der Waals surface area contributed by atoms with Crippen LogP contribution in [0.3, 0.4) is 0 Å². The van der Waals surface area contributed by atoms with Crippen molar-refractivity contribution in [3.63, 3.8) is 0 Å². The molecule has 0 radical (unpaired) electrons. The van der Waals surface area contributed by atoms with Crippen LogP contribution in [0.5, 0.6) is 0 Å². The Morgan fingerprint density at radius 2 is 1.62 bits per heavy atom. The van der Waals surface area contributed by atoms with E-state index >= 15 is 0 Å². The predicted molar refractivity (Wildman–Crippen MR) is 63.7 cm³/mol. The maximum atomic E-state index is 5.14. The quantitative estimate of drug-likeness (QED) is 0.740. The number of nitrogens with zero attached hydrogens (tertiary/aromatic N) is 1. The molecule has 4 aliphatic rings. The Morgan fingerprint density at radius 3 is 2.06 bits per heavy atom. The van der Waals surface area contributed by atoms with Crippen LogP contribution in [0.2, 0.25) is 0 Å². The topological polar surface area (TPSA) is 38.5 Å². The minimum atomic E-state index is 0.507. The van der Waals surface area contributed by atoms with Gasteiger partial charge in [-0.05, 0) is 63.3 Å². The lowest BCUT2D eigenvalue weighted by Gasteiger charge is -2.60. The first-order chi connectivity index (χ1) is 7.72. The Morgan fingerprint density at radius 1 is 1.12 bits per heavy atom. The Kier molecular flexibility index (Phi) is 2.73. The fraction of sp³-hybridized carbons (Fsp3) is 1.00. The highest BCUT2D eigenvalue weighted by atomic mass is 16.6. The third-order valence-corrected chi connectivity index (χ3v) is 5.36. The van der Waals surface area contributed by atoms with Crippen LogP contribution in [0.25, 0.3) is 0 Å². The average molecular weight is 224 g/mol. The van der Waals surface area contributed by atoms with Crippen LogP contribution in [-0.2, 0) is 4.84 Å². The van der Waals surface area contributed by atoms with E-state index in [0.29, 0.717) is 12.1 Å². The Bertz CT molecular complexity index is 231. The standard InChI is InChI=1S/C13H24N2O/c1-15(2-3-16-14)13-7-10-4-11(8-13)6-12(5-10)9-13/h10-12H,2-9,14H2,1H3. The molecule has 4 saturated carbocycles. The molecule has 0 heterocycles. The fourth-order valence-electron chi connectivity index (χ4n) is 4.96. The molecule has 3 nitrogen and oxygen atoms in total. The lowest BCUT2D eigenvalue weighted by molar-refractivity contribution is -0.0848. The molecule has 0 aromatic heterocycles. The van der Waals surface area contributed by atoms with Crippen LogP contribution >= 0.6 is 0 Å². The first-order valence-corrected chi connectivity index (χ1v) is 6.75. The molecule has 2 N–H and O–H groups in total. The van der Waals surface area contributed by atoms with Crippen LogP contribution in [0.4, 0.5) is 0 Å². The summed E-state index contributed by atoms with van der Waals surface area (Å²) in [6.07, 6.45) is 8.83. The molecule has 16 heavy (non-hydrogen) atoms. The Labute approximate surface area is 98.3 Å². The SMILES string of the molecule is CN(CCON)C12CC3CC(CC(C3)C1)C2. The van der Waals surface area contributed by atoms with E-state index in [9.17, 15) is 0 Å². The van der Waals surface area contributed by atoms with Crippen LogP contribution in [-0.4, -0.2) is 30.6 Å². The van der Waals surface area contributed by atoms with Crippen molar-refractivity contribution in [2.24, 2.45) is 23.7 Å². The van der Waals surface area contributed by atoms with Gasteiger partial charge in [-0.1, -0.05) is 0 Å². The summed E-state index contributed by atoms with van der Waals surface area (Å²) in [6.45, 7) is 1.65. The van der Waals surface area contributed by atoms with Gasteiger partial charge in [0.25, 0.3) is 0 Å². The minimum absolute atomic E-state index is 0.507. The zero-order valence-corrected chi connectivity index (χ0v) is 10.3. The lowest BCUT2D eigenvalue weighted by atomic mass is 9.52. The summed E-state index contributed by atoms with van der Waals surface area (Å²) in [5.74, 6) is 8.20. The van der Waals surface area contributed by atoms with E-state index in [1.54, 1.807) is 0 Å². The molecule has 4 fully saturated rings. The second kappa shape index (κ2) is 3.97. The summed E-state index contributed by atoms with van der Waals surface area (Å²) in [5.41, 5.74) is 0.507. The molecule has 0 amide bonds. The molecule has 0 atom stereocenters. The van der Waals surface area contributed by atoms with Gasteiger partial charge in [-0.2, -0.15) is 0 Å². The maximum absolute atomic E-state index is 5.14. The molecule has 92 valence electrons. The predicted octanol–water partition coefficient (Wildman–Crippen LogP) is 1.78. The van der Waals surface area contributed by atoms with Crippen molar-refractivity contribution in [2.75, 3.05) is 20.2 Å². The van der Waals surface area contributed by atoms with Gasteiger partial charge in [-0.15, -0.1) is 0 Å². The summed E-state index contributed by atoms with van der Waals surface area (Å²) >= 11 is 0. The zero-order valence-electron chi connectivity index (χ0n) is 10.3. The van der Waals surface area contributed by atoms with Crippen molar-refractivity contribution in [3.8, 4) is 0 Å². The monoisotopic (exact) mass is 224 g/mol. The number of likely N-dealkylation sites (N-methyl/N-ethyl adjacent to an activating group) is 1. The molecule has 0 unspecified atom stereocenters. The van der Waals surface area contributed by atoms with Gasteiger partial charge >= 0.3 is 0 Å². The van der Waals surface area contributed by atoms with Gasteiger partial charge in [-0.3, -0.25) is 4.90 Å². The van der Waals surface area contributed by atoms with Crippen molar-refractivity contribution >= 4 is 0 Å². The first-order valence-electron chi connectivity index (χ1n) is 6.75. The van der Waals surface area contributed by atoms with Crippen LogP contribution in [0, 0.1) is 17.8 Å². The van der Waals surface area contributed by atoms with E-state index in [2.05, 4.69) is 11.9 Å². The molecular formula is C13H24N2O. The van der Waals surface area contributed by atoms with Gasteiger partial charge in [0, 0.05) is 12.1 Å². The molecule has 0 aliphatic heterocycles. The Hall–Kier alpha value is -0.120. The Balaban J connectivity index is 1.72. The van der Waals surface area contributed by atoms with E-state index in [1.165, 1.54) is 38.5 Å². The number of rotatable bonds is 4. The summed E-state index contributed by atoms with van der Waals surface area (Å²) in [5, 5.41) is 0.